The molecule has 0 aliphatic carbocycles. The molecule has 1 atom stereocenters. The Morgan fingerprint density at radius 1 is 1.39 bits per heavy atom. The highest BCUT2D eigenvalue weighted by Crippen LogP contribution is 2.24. The number of hydrogen-bond donors (Lipinski definition) is 1. The van der Waals surface area contributed by atoms with Crippen LogP contribution in [0, 0.1) is 11.7 Å². The molecule has 2 aromatic rings. The lowest BCUT2D eigenvalue weighted by Gasteiger charge is -2.09. The van der Waals surface area contributed by atoms with Crippen LogP contribution in [0.15, 0.2) is 22.7 Å². The second-order valence-corrected chi connectivity index (χ2v) is 4.76. The van der Waals surface area contributed by atoms with Gasteiger partial charge in [-0.15, -0.1) is 0 Å². The lowest BCUT2D eigenvalue weighted by Crippen LogP contribution is -2.18. The molecule has 1 heterocycles. The second-order valence-electron chi connectivity index (χ2n) is 4.36. The molecule has 1 aromatic carbocycles. The molecule has 18 heavy (non-hydrogen) atoms. The fourth-order valence-electron chi connectivity index (χ4n) is 1.41. The van der Waals surface area contributed by atoms with E-state index in [1.807, 2.05) is 13.8 Å². The molecule has 1 unspecified atom stereocenters. The molecule has 2 N–H and O–H groups in total. The number of benzene rings is 1. The summed E-state index contributed by atoms with van der Waals surface area (Å²) < 4.78 is 18.4. The standard InChI is InChI=1S/C12H13ClFN3O/c1-6(2)10(15)11-16-12(18-17-11)7-3-4-8(13)9(14)5-7/h3-6,10H,15H2,1-2H3. The van der Waals surface area contributed by atoms with Gasteiger partial charge >= 0.3 is 0 Å². The Morgan fingerprint density at radius 3 is 2.72 bits per heavy atom. The lowest BCUT2D eigenvalue weighted by atomic mass is 10.1. The normalized spacial score (nSPS) is 13.0. The van der Waals surface area contributed by atoms with Crippen molar-refractivity contribution in [3.63, 3.8) is 0 Å². The van der Waals surface area contributed by atoms with Crippen LogP contribution < -0.4 is 5.73 Å². The van der Waals surface area contributed by atoms with E-state index in [0.29, 0.717) is 11.4 Å². The highest BCUT2D eigenvalue weighted by Gasteiger charge is 2.18. The van der Waals surface area contributed by atoms with Gasteiger partial charge in [-0.3, -0.25) is 0 Å². The third-order valence-corrected chi connectivity index (χ3v) is 2.93. The van der Waals surface area contributed by atoms with Gasteiger partial charge in [-0.2, -0.15) is 4.98 Å². The maximum absolute atomic E-state index is 13.3. The van der Waals surface area contributed by atoms with E-state index < -0.39 is 5.82 Å². The molecule has 0 saturated carbocycles. The smallest absolute Gasteiger partial charge is 0.258 e. The van der Waals surface area contributed by atoms with E-state index in [4.69, 9.17) is 21.9 Å². The summed E-state index contributed by atoms with van der Waals surface area (Å²) in [7, 11) is 0. The number of nitrogens with zero attached hydrogens (tertiary/aromatic N) is 2. The van der Waals surface area contributed by atoms with Crippen molar-refractivity contribution in [3.8, 4) is 11.5 Å². The van der Waals surface area contributed by atoms with Gasteiger partial charge in [-0.1, -0.05) is 30.6 Å². The Morgan fingerprint density at radius 2 is 2.11 bits per heavy atom. The summed E-state index contributed by atoms with van der Waals surface area (Å²) in [5.74, 6) is 0.312. The van der Waals surface area contributed by atoms with Gasteiger partial charge in [0.25, 0.3) is 5.89 Å². The molecule has 1 aromatic heterocycles. The van der Waals surface area contributed by atoms with Crippen LogP contribution in [-0.4, -0.2) is 10.1 Å². The van der Waals surface area contributed by atoms with Gasteiger partial charge in [0.05, 0.1) is 11.1 Å². The van der Waals surface area contributed by atoms with Crippen LogP contribution >= 0.6 is 11.6 Å². The largest absolute Gasteiger partial charge is 0.334 e. The number of nitrogens with two attached hydrogens (primary N) is 1. The predicted octanol–water partition coefficient (Wildman–Crippen LogP) is 3.18. The monoisotopic (exact) mass is 269 g/mol. The summed E-state index contributed by atoms with van der Waals surface area (Å²) in [5, 5.41) is 3.85. The zero-order valence-corrected chi connectivity index (χ0v) is 10.8. The van der Waals surface area contributed by atoms with Gasteiger partial charge in [0.2, 0.25) is 0 Å². The van der Waals surface area contributed by atoms with Crippen molar-refractivity contribution < 1.29 is 8.91 Å². The first-order valence-corrected chi connectivity index (χ1v) is 5.91. The van der Waals surface area contributed by atoms with Crippen molar-refractivity contribution in [2.75, 3.05) is 0 Å². The van der Waals surface area contributed by atoms with Gasteiger partial charge in [-0.05, 0) is 24.1 Å². The van der Waals surface area contributed by atoms with E-state index in [-0.39, 0.29) is 22.9 Å². The van der Waals surface area contributed by atoms with E-state index in [1.165, 1.54) is 12.1 Å². The van der Waals surface area contributed by atoms with E-state index in [9.17, 15) is 4.39 Å². The van der Waals surface area contributed by atoms with Crippen LogP contribution in [0.5, 0.6) is 0 Å². The summed E-state index contributed by atoms with van der Waals surface area (Å²) in [6.07, 6.45) is 0. The Balaban J connectivity index is 2.32. The van der Waals surface area contributed by atoms with Gasteiger partial charge in [0.15, 0.2) is 5.82 Å². The molecule has 0 aliphatic rings. The average molecular weight is 270 g/mol. The quantitative estimate of drug-likeness (QED) is 0.929. The average Bonchev–Trinajstić information content (AvgIpc) is 2.81. The van der Waals surface area contributed by atoms with Crippen molar-refractivity contribution in [2.24, 2.45) is 11.7 Å². The molecule has 96 valence electrons. The van der Waals surface area contributed by atoms with E-state index in [1.54, 1.807) is 6.07 Å². The van der Waals surface area contributed by atoms with E-state index in [0.717, 1.165) is 0 Å². The van der Waals surface area contributed by atoms with Gasteiger partial charge in [0.1, 0.15) is 5.82 Å². The Bertz CT molecular complexity index is 556. The number of halogens is 2. The molecule has 0 radical (unpaired) electrons. The van der Waals surface area contributed by atoms with Crippen molar-refractivity contribution in [1.29, 1.82) is 0 Å². The summed E-state index contributed by atoms with van der Waals surface area (Å²) >= 11 is 5.60. The first kappa shape index (κ1) is 13.0. The molecular weight excluding hydrogens is 257 g/mol. The Hall–Kier alpha value is -1.46. The van der Waals surface area contributed by atoms with Crippen molar-refractivity contribution in [3.05, 3.63) is 34.9 Å². The summed E-state index contributed by atoms with van der Waals surface area (Å²) in [6.45, 7) is 3.92. The van der Waals surface area contributed by atoms with E-state index in [2.05, 4.69) is 10.1 Å². The van der Waals surface area contributed by atoms with Gasteiger partial charge < -0.3 is 10.3 Å². The number of rotatable bonds is 3. The van der Waals surface area contributed by atoms with Crippen LogP contribution in [0.2, 0.25) is 5.02 Å². The molecule has 0 aliphatic heterocycles. The summed E-state index contributed by atoms with van der Waals surface area (Å²) in [6, 6.07) is 4.00. The maximum atomic E-state index is 13.3. The third kappa shape index (κ3) is 2.52. The minimum absolute atomic E-state index is 0.0531. The molecule has 0 spiro atoms. The summed E-state index contributed by atoms with van der Waals surface area (Å²) in [5.41, 5.74) is 6.38. The molecule has 2 rings (SSSR count). The minimum Gasteiger partial charge on any atom is -0.334 e. The molecule has 0 fully saturated rings. The highest BCUT2D eigenvalue weighted by molar-refractivity contribution is 6.30. The molecule has 0 saturated heterocycles. The lowest BCUT2D eigenvalue weighted by molar-refractivity contribution is 0.400. The Labute approximate surface area is 109 Å². The van der Waals surface area contributed by atoms with Crippen molar-refractivity contribution in [2.45, 2.75) is 19.9 Å². The van der Waals surface area contributed by atoms with Gasteiger partial charge in [0, 0.05) is 5.56 Å². The highest BCUT2D eigenvalue weighted by atomic mass is 35.5. The van der Waals surface area contributed by atoms with Crippen LogP contribution in [0.1, 0.15) is 25.7 Å². The van der Waals surface area contributed by atoms with E-state index >= 15 is 0 Å². The number of hydrogen-bond acceptors (Lipinski definition) is 4. The Kier molecular flexibility index (Phi) is 3.63. The fraction of sp³-hybridized carbons (Fsp3) is 0.333. The predicted molar refractivity (Wildman–Crippen MR) is 66.5 cm³/mol. The first-order chi connectivity index (χ1) is 8.49. The zero-order valence-electron chi connectivity index (χ0n) is 10.0. The van der Waals surface area contributed by atoms with Crippen molar-refractivity contribution >= 4 is 11.6 Å². The van der Waals surface area contributed by atoms with Gasteiger partial charge in [-0.25, -0.2) is 4.39 Å². The minimum atomic E-state index is -0.526. The van der Waals surface area contributed by atoms with Crippen LogP contribution in [0.25, 0.3) is 11.5 Å². The summed E-state index contributed by atoms with van der Waals surface area (Å²) in [4.78, 5) is 4.16. The zero-order chi connectivity index (χ0) is 13.3. The van der Waals surface area contributed by atoms with Crippen LogP contribution in [0.4, 0.5) is 4.39 Å². The van der Waals surface area contributed by atoms with Crippen molar-refractivity contribution in [1.82, 2.24) is 10.1 Å². The first-order valence-electron chi connectivity index (χ1n) is 5.53. The SMILES string of the molecule is CC(C)C(N)c1noc(-c2ccc(Cl)c(F)c2)n1. The number of aromatic nitrogens is 2. The second kappa shape index (κ2) is 5.04. The topological polar surface area (TPSA) is 64.9 Å². The maximum Gasteiger partial charge on any atom is 0.258 e. The fourth-order valence-corrected chi connectivity index (χ4v) is 1.53. The molecular formula is C12H13ClFN3O. The third-order valence-electron chi connectivity index (χ3n) is 2.62. The molecule has 0 bridgehead atoms. The molecule has 6 heteroatoms. The van der Waals surface area contributed by atoms with Crippen LogP contribution in [0.3, 0.4) is 0 Å². The van der Waals surface area contributed by atoms with Crippen LogP contribution in [-0.2, 0) is 0 Å². The molecule has 0 amide bonds. The molecule has 4 nitrogen and oxygen atoms in total.